The molecule has 2 aromatic carbocycles. The number of para-hydroxylation sites is 1. The van der Waals surface area contributed by atoms with Gasteiger partial charge < -0.3 is 13.9 Å². The molecule has 2 amide bonds. The highest BCUT2D eigenvalue weighted by Gasteiger charge is 2.14. The van der Waals surface area contributed by atoms with E-state index in [1.807, 2.05) is 18.2 Å². The molecule has 1 aromatic heterocycles. The van der Waals surface area contributed by atoms with Gasteiger partial charge in [0, 0.05) is 5.56 Å². The number of carbonyl (C=O) groups is 2. The number of halogens is 2. The minimum absolute atomic E-state index is 0.0276. The van der Waals surface area contributed by atoms with Crippen molar-refractivity contribution in [3.8, 4) is 11.5 Å². The van der Waals surface area contributed by atoms with Gasteiger partial charge in [-0.05, 0) is 42.5 Å². The van der Waals surface area contributed by atoms with Gasteiger partial charge in [0.25, 0.3) is 5.91 Å². The van der Waals surface area contributed by atoms with Crippen LogP contribution < -0.4 is 20.3 Å². The Morgan fingerprint density at radius 1 is 0.897 bits per heavy atom. The zero-order chi connectivity index (χ0) is 20.6. The van der Waals surface area contributed by atoms with E-state index in [-0.39, 0.29) is 23.7 Å². The molecule has 0 bridgehead atoms. The number of furan rings is 1. The Labute approximate surface area is 164 Å². The highest BCUT2D eigenvalue weighted by molar-refractivity contribution is 5.98. The SMILES string of the molecule is O=C(NNC(=O)c1ccc(COc2ccccc2)o1)c1cccc(OC(F)F)c1. The molecule has 3 aromatic rings. The standard InChI is InChI=1S/C20H16F2N2O5/c21-20(22)29-15-8-4-5-13(11-15)18(25)23-24-19(26)17-10-9-16(28-17)12-27-14-6-2-1-3-7-14/h1-11,20H,12H2,(H,23,25)(H,24,26). The van der Waals surface area contributed by atoms with Crippen molar-refractivity contribution >= 4 is 11.8 Å². The zero-order valence-corrected chi connectivity index (χ0v) is 14.9. The second-order valence-electron chi connectivity index (χ2n) is 5.68. The van der Waals surface area contributed by atoms with Gasteiger partial charge in [0.1, 0.15) is 23.9 Å². The molecule has 0 aliphatic heterocycles. The van der Waals surface area contributed by atoms with E-state index in [4.69, 9.17) is 9.15 Å². The van der Waals surface area contributed by atoms with Gasteiger partial charge in [-0.1, -0.05) is 24.3 Å². The van der Waals surface area contributed by atoms with E-state index < -0.39 is 18.4 Å². The van der Waals surface area contributed by atoms with E-state index in [2.05, 4.69) is 15.6 Å². The van der Waals surface area contributed by atoms with Crippen molar-refractivity contribution in [2.75, 3.05) is 0 Å². The molecule has 9 heteroatoms. The van der Waals surface area contributed by atoms with Crippen LogP contribution in [-0.2, 0) is 6.61 Å². The average Bonchev–Trinajstić information content (AvgIpc) is 3.20. The van der Waals surface area contributed by atoms with Crippen molar-refractivity contribution in [3.05, 3.63) is 83.8 Å². The van der Waals surface area contributed by atoms with E-state index in [1.54, 1.807) is 18.2 Å². The lowest BCUT2D eigenvalue weighted by molar-refractivity contribution is -0.0498. The maximum Gasteiger partial charge on any atom is 0.387 e. The Morgan fingerprint density at radius 2 is 1.62 bits per heavy atom. The monoisotopic (exact) mass is 402 g/mol. The second-order valence-corrected chi connectivity index (χ2v) is 5.68. The van der Waals surface area contributed by atoms with Gasteiger partial charge in [0.2, 0.25) is 0 Å². The Morgan fingerprint density at radius 3 is 2.38 bits per heavy atom. The summed E-state index contributed by atoms with van der Waals surface area (Å²) >= 11 is 0. The third-order valence-electron chi connectivity index (χ3n) is 3.62. The Balaban J connectivity index is 1.51. The Bertz CT molecular complexity index is 976. The molecule has 2 N–H and O–H groups in total. The van der Waals surface area contributed by atoms with Crippen LogP contribution in [0.5, 0.6) is 11.5 Å². The highest BCUT2D eigenvalue weighted by atomic mass is 19.3. The summed E-state index contributed by atoms with van der Waals surface area (Å²) in [6.07, 6.45) is 0. The smallest absolute Gasteiger partial charge is 0.387 e. The fourth-order valence-electron chi connectivity index (χ4n) is 2.31. The summed E-state index contributed by atoms with van der Waals surface area (Å²) in [6, 6.07) is 17.3. The van der Waals surface area contributed by atoms with Crippen LogP contribution in [0.1, 0.15) is 26.7 Å². The van der Waals surface area contributed by atoms with E-state index in [0.29, 0.717) is 11.5 Å². The molecular weight excluding hydrogens is 386 g/mol. The molecular formula is C20H16F2N2O5. The lowest BCUT2D eigenvalue weighted by Crippen LogP contribution is -2.41. The lowest BCUT2D eigenvalue weighted by Gasteiger charge is -2.08. The van der Waals surface area contributed by atoms with Crippen LogP contribution in [0.4, 0.5) is 8.78 Å². The molecule has 0 aliphatic rings. The van der Waals surface area contributed by atoms with E-state index in [1.165, 1.54) is 24.3 Å². The van der Waals surface area contributed by atoms with Gasteiger partial charge in [-0.25, -0.2) is 0 Å². The number of rotatable bonds is 7. The van der Waals surface area contributed by atoms with Crippen LogP contribution in [0, 0.1) is 0 Å². The maximum absolute atomic E-state index is 12.2. The minimum Gasteiger partial charge on any atom is -0.486 e. The first kappa shape index (κ1) is 19.9. The average molecular weight is 402 g/mol. The maximum atomic E-state index is 12.2. The fraction of sp³-hybridized carbons (Fsp3) is 0.100. The van der Waals surface area contributed by atoms with Crippen molar-refractivity contribution in [2.24, 2.45) is 0 Å². The van der Waals surface area contributed by atoms with Gasteiger partial charge in [-0.15, -0.1) is 0 Å². The van der Waals surface area contributed by atoms with Crippen molar-refractivity contribution in [1.82, 2.24) is 10.9 Å². The van der Waals surface area contributed by atoms with Crippen LogP contribution in [-0.4, -0.2) is 18.4 Å². The number of carbonyl (C=O) groups excluding carboxylic acids is 2. The van der Waals surface area contributed by atoms with Crippen molar-refractivity contribution in [2.45, 2.75) is 13.2 Å². The summed E-state index contributed by atoms with van der Waals surface area (Å²) in [7, 11) is 0. The van der Waals surface area contributed by atoms with Gasteiger partial charge in [-0.3, -0.25) is 20.4 Å². The molecule has 0 radical (unpaired) electrons. The number of ether oxygens (including phenoxy) is 2. The number of amides is 2. The van der Waals surface area contributed by atoms with Crippen LogP contribution in [0.3, 0.4) is 0 Å². The normalized spacial score (nSPS) is 10.4. The molecule has 0 saturated heterocycles. The first-order valence-corrected chi connectivity index (χ1v) is 8.43. The third-order valence-corrected chi connectivity index (χ3v) is 3.62. The Hall–Kier alpha value is -3.88. The summed E-state index contributed by atoms with van der Waals surface area (Å²) in [4.78, 5) is 24.2. The summed E-state index contributed by atoms with van der Waals surface area (Å²) in [6.45, 7) is -2.88. The van der Waals surface area contributed by atoms with Crippen molar-refractivity contribution in [3.63, 3.8) is 0 Å². The molecule has 0 unspecified atom stereocenters. The van der Waals surface area contributed by atoms with Crippen molar-refractivity contribution < 1.29 is 32.3 Å². The molecule has 0 fully saturated rings. The largest absolute Gasteiger partial charge is 0.486 e. The van der Waals surface area contributed by atoms with Gasteiger partial charge >= 0.3 is 12.5 Å². The first-order chi connectivity index (χ1) is 14.0. The molecule has 29 heavy (non-hydrogen) atoms. The zero-order valence-electron chi connectivity index (χ0n) is 14.9. The number of alkyl halides is 2. The van der Waals surface area contributed by atoms with Gasteiger partial charge in [0.05, 0.1) is 0 Å². The highest BCUT2D eigenvalue weighted by Crippen LogP contribution is 2.16. The molecule has 3 rings (SSSR count). The fourth-order valence-corrected chi connectivity index (χ4v) is 2.31. The second kappa shape index (κ2) is 9.36. The Kier molecular flexibility index (Phi) is 6.41. The molecule has 0 spiro atoms. The topological polar surface area (TPSA) is 89.8 Å². The molecule has 0 saturated carbocycles. The van der Waals surface area contributed by atoms with E-state index in [9.17, 15) is 18.4 Å². The van der Waals surface area contributed by atoms with Gasteiger partial charge in [-0.2, -0.15) is 8.78 Å². The molecule has 0 atom stereocenters. The van der Waals surface area contributed by atoms with Crippen LogP contribution in [0.2, 0.25) is 0 Å². The molecule has 7 nitrogen and oxygen atoms in total. The summed E-state index contributed by atoms with van der Waals surface area (Å²) in [5.74, 6) is -0.538. The molecule has 150 valence electrons. The quantitative estimate of drug-likeness (QED) is 0.590. The predicted molar refractivity (Wildman–Crippen MR) is 97.5 cm³/mol. The third kappa shape index (κ3) is 5.80. The first-order valence-electron chi connectivity index (χ1n) is 8.43. The predicted octanol–water partition coefficient (Wildman–Crippen LogP) is 3.53. The summed E-state index contributed by atoms with van der Waals surface area (Å²) in [5, 5.41) is 0. The van der Waals surface area contributed by atoms with Crippen LogP contribution in [0.15, 0.2) is 71.1 Å². The molecule has 0 aliphatic carbocycles. The summed E-state index contributed by atoms with van der Waals surface area (Å²) < 4.78 is 39.6. The number of benzene rings is 2. The van der Waals surface area contributed by atoms with Crippen molar-refractivity contribution in [1.29, 1.82) is 0 Å². The molecule has 1 heterocycles. The van der Waals surface area contributed by atoms with E-state index >= 15 is 0 Å². The minimum atomic E-state index is -3.01. The number of hydrogen-bond acceptors (Lipinski definition) is 5. The van der Waals surface area contributed by atoms with Crippen LogP contribution >= 0.6 is 0 Å². The number of nitrogens with one attached hydrogen (secondary N) is 2. The lowest BCUT2D eigenvalue weighted by atomic mass is 10.2. The summed E-state index contributed by atoms with van der Waals surface area (Å²) in [5.41, 5.74) is 4.38. The van der Waals surface area contributed by atoms with Crippen LogP contribution in [0.25, 0.3) is 0 Å². The van der Waals surface area contributed by atoms with Gasteiger partial charge in [0.15, 0.2) is 5.76 Å². The number of hydrogen-bond donors (Lipinski definition) is 2. The number of hydrazine groups is 1. The van der Waals surface area contributed by atoms with E-state index in [0.717, 1.165) is 6.07 Å².